The van der Waals surface area contributed by atoms with Gasteiger partial charge >= 0.3 is 0 Å². The third kappa shape index (κ3) is 4.54. The number of hydrogen-bond acceptors (Lipinski definition) is 7. The predicted octanol–water partition coefficient (Wildman–Crippen LogP) is 5.77. The Morgan fingerprint density at radius 3 is 2.55 bits per heavy atom. The SMILES string of the molecule is Cc1nnc(N2N=C(c3cc(F)ccc3F)SC2(CCCN2CCCC2)c2ccccc2)s1. The number of halogens is 2. The quantitative estimate of drug-likeness (QED) is 0.425. The molecule has 2 aliphatic heterocycles. The fourth-order valence-corrected chi connectivity index (χ4v) is 6.66. The van der Waals surface area contributed by atoms with Crippen LogP contribution in [0.3, 0.4) is 0 Å². The summed E-state index contributed by atoms with van der Waals surface area (Å²) in [5, 5.41) is 17.2. The maximum absolute atomic E-state index is 14.8. The normalized spacial score (nSPS) is 21.1. The van der Waals surface area contributed by atoms with E-state index in [2.05, 4.69) is 27.2 Å². The van der Waals surface area contributed by atoms with Crippen molar-refractivity contribution in [3.05, 3.63) is 76.3 Å². The summed E-state index contributed by atoms with van der Waals surface area (Å²) in [6.07, 6.45) is 4.23. The van der Waals surface area contributed by atoms with Crippen LogP contribution in [0.5, 0.6) is 0 Å². The molecule has 0 aliphatic carbocycles. The number of nitrogens with zero attached hydrogens (tertiary/aromatic N) is 5. The average molecular weight is 486 g/mol. The first kappa shape index (κ1) is 22.4. The molecule has 33 heavy (non-hydrogen) atoms. The standard InChI is InChI=1S/C24H25F2N5S2/c1-17-27-28-23(32-17)31-24(18-8-3-2-4-9-18,12-7-15-30-13-5-6-14-30)33-22(29-31)20-16-19(25)10-11-21(20)26/h2-4,8-11,16H,5-7,12-15H2,1H3. The third-order valence-corrected chi connectivity index (χ3v) is 8.33. The number of aryl methyl sites for hydroxylation is 1. The minimum Gasteiger partial charge on any atom is -0.303 e. The van der Waals surface area contributed by atoms with Crippen LogP contribution in [-0.4, -0.2) is 39.8 Å². The molecule has 1 atom stereocenters. The van der Waals surface area contributed by atoms with Gasteiger partial charge in [-0.15, -0.1) is 10.2 Å². The van der Waals surface area contributed by atoms with E-state index in [9.17, 15) is 8.78 Å². The Morgan fingerprint density at radius 2 is 1.82 bits per heavy atom. The zero-order chi connectivity index (χ0) is 22.8. The van der Waals surface area contributed by atoms with Crippen LogP contribution in [0.25, 0.3) is 0 Å². The van der Waals surface area contributed by atoms with Crippen molar-refractivity contribution >= 4 is 33.3 Å². The van der Waals surface area contributed by atoms with Gasteiger partial charge in [-0.2, -0.15) is 5.10 Å². The molecule has 5 nitrogen and oxygen atoms in total. The summed E-state index contributed by atoms with van der Waals surface area (Å²) in [5.41, 5.74) is 1.23. The highest BCUT2D eigenvalue weighted by molar-refractivity contribution is 8.15. The Morgan fingerprint density at radius 1 is 1.03 bits per heavy atom. The van der Waals surface area contributed by atoms with E-state index in [-0.39, 0.29) is 5.56 Å². The third-order valence-electron chi connectivity index (χ3n) is 6.07. The molecule has 0 saturated carbocycles. The largest absolute Gasteiger partial charge is 0.303 e. The lowest BCUT2D eigenvalue weighted by atomic mass is 10.0. The van der Waals surface area contributed by atoms with Gasteiger partial charge in [-0.05, 0) is 76.0 Å². The van der Waals surface area contributed by atoms with E-state index < -0.39 is 16.5 Å². The highest BCUT2D eigenvalue weighted by Gasteiger charge is 2.48. The zero-order valence-corrected chi connectivity index (χ0v) is 20.0. The highest BCUT2D eigenvalue weighted by Crippen LogP contribution is 2.52. The molecule has 1 unspecified atom stereocenters. The van der Waals surface area contributed by atoms with Crippen molar-refractivity contribution in [3.8, 4) is 0 Å². The summed E-state index contributed by atoms with van der Waals surface area (Å²) >= 11 is 2.92. The predicted molar refractivity (Wildman–Crippen MR) is 131 cm³/mol. The molecule has 1 saturated heterocycles. The van der Waals surface area contributed by atoms with E-state index in [1.54, 1.807) is 0 Å². The van der Waals surface area contributed by atoms with Crippen LogP contribution in [0.4, 0.5) is 13.9 Å². The number of hydrogen-bond donors (Lipinski definition) is 0. The van der Waals surface area contributed by atoms with Gasteiger partial charge < -0.3 is 4.90 Å². The lowest BCUT2D eigenvalue weighted by Gasteiger charge is -2.36. The summed E-state index contributed by atoms with van der Waals surface area (Å²) in [5.74, 6) is -0.976. The number of hydrazone groups is 1. The second kappa shape index (κ2) is 9.48. The molecule has 2 aromatic carbocycles. The second-order valence-electron chi connectivity index (χ2n) is 8.35. The van der Waals surface area contributed by atoms with Crippen LogP contribution >= 0.6 is 23.1 Å². The molecule has 1 fully saturated rings. The van der Waals surface area contributed by atoms with E-state index in [1.807, 2.05) is 30.1 Å². The molecular weight excluding hydrogens is 460 g/mol. The molecule has 0 spiro atoms. The van der Waals surface area contributed by atoms with Gasteiger partial charge in [-0.3, -0.25) is 0 Å². The monoisotopic (exact) mass is 485 g/mol. The van der Waals surface area contributed by atoms with Crippen LogP contribution in [-0.2, 0) is 4.87 Å². The molecule has 2 aliphatic rings. The first-order chi connectivity index (χ1) is 16.0. The first-order valence-corrected chi connectivity index (χ1v) is 12.8. The van der Waals surface area contributed by atoms with Gasteiger partial charge in [0.1, 0.15) is 26.6 Å². The van der Waals surface area contributed by atoms with Crippen molar-refractivity contribution in [1.82, 2.24) is 15.1 Å². The Balaban J connectivity index is 1.56. The molecule has 9 heteroatoms. The van der Waals surface area contributed by atoms with Gasteiger partial charge in [0, 0.05) is 5.56 Å². The molecule has 172 valence electrons. The van der Waals surface area contributed by atoms with E-state index >= 15 is 0 Å². The molecule has 0 radical (unpaired) electrons. The van der Waals surface area contributed by atoms with Crippen molar-refractivity contribution in [2.24, 2.45) is 5.10 Å². The number of likely N-dealkylation sites (tertiary alicyclic amines) is 1. The number of anilines is 1. The van der Waals surface area contributed by atoms with Crippen molar-refractivity contribution in [3.63, 3.8) is 0 Å². The van der Waals surface area contributed by atoms with Gasteiger partial charge in [0.25, 0.3) is 0 Å². The maximum Gasteiger partial charge on any atom is 0.230 e. The van der Waals surface area contributed by atoms with Gasteiger partial charge in [0.2, 0.25) is 5.13 Å². The van der Waals surface area contributed by atoms with E-state index in [1.165, 1.54) is 42.0 Å². The second-order valence-corrected chi connectivity index (χ2v) is 10.8. The van der Waals surface area contributed by atoms with Crippen molar-refractivity contribution in [2.75, 3.05) is 24.6 Å². The smallest absolute Gasteiger partial charge is 0.230 e. The lowest BCUT2D eigenvalue weighted by Crippen LogP contribution is -2.38. The van der Waals surface area contributed by atoms with Crippen LogP contribution in [0, 0.1) is 18.6 Å². The van der Waals surface area contributed by atoms with Gasteiger partial charge in [-0.25, -0.2) is 13.8 Å². The van der Waals surface area contributed by atoms with Crippen LogP contribution in [0.15, 0.2) is 53.6 Å². The number of thioether (sulfide) groups is 1. The maximum atomic E-state index is 14.8. The fourth-order valence-electron chi connectivity index (χ4n) is 4.46. The first-order valence-electron chi connectivity index (χ1n) is 11.2. The van der Waals surface area contributed by atoms with Crippen LogP contribution in [0.2, 0.25) is 0 Å². The summed E-state index contributed by atoms with van der Waals surface area (Å²) in [6.45, 7) is 5.18. The van der Waals surface area contributed by atoms with E-state index in [0.717, 1.165) is 55.2 Å². The molecule has 0 amide bonds. The summed E-state index contributed by atoms with van der Waals surface area (Å²) in [4.78, 5) is 1.87. The highest BCUT2D eigenvalue weighted by atomic mass is 32.2. The molecule has 3 aromatic rings. The molecule has 0 bridgehead atoms. The van der Waals surface area contributed by atoms with Crippen molar-refractivity contribution < 1.29 is 8.78 Å². The van der Waals surface area contributed by atoms with Crippen molar-refractivity contribution in [1.29, 1.82) is 0 Å². The van der Waals surface area contributed by atoms with Crippen LogP contribution < -0.4 is 5.01 Å². The summed E-state index contributed by atoms with van der Waals surface area (Å²) in [7, 11) is 0. The molecule has 5 rings (SSSR count). The van der Waals surface area contributed by atoms with E-state index in [4.69, 9.17) is 5.10 Å². The molecule has 3 heterocycles. The van der Waals surface area contributed by atoms with Gasteiger partial charge in [0.05, 0.1) is 0 Å². The van der Waals surface area contributed by atoms with E-state index in [0.29, 0.717) is 10.2 Å². The molecule has 0 N–H and O–H groups in total. The Kier molecular flexibility index (Phi) is 6.44. The zero-order valence-electron chi connectivity index (χ0n) is 18.4. The van der Waals surface area contributed by atoms with Gasteiger partial charge in [0.15, 0.2) is 0 Å². The summed E-state index contributed by atoms with van der Waals surface area (Å²) < 4.78 is 28.8. The fraction of sp³-hybridized carbons (Fsp3) is 0.375. The van der Waals surface area contributed by atoms with Crippen molar-refractivity contribution in [2.45, 2.75) is 37.5 Å². The van der Waals surface area contributed by atoms with Gasteiger partial charge in [-0.1, -0.05) is 53.4 Å². The minimum absolute atomic E-state index is 0.170. The summed E-state index contributed by atoms with van der Waals surface area (Å²) in [6, 6.07) is 13.6. The Labute approximate surface area is 200 Å². The topological polar surface area (TPSA) is 44.6 Å². The van der Waals surface area contributed by atoms with Crippen LogP contribution in [0.1, 0.15) is 41.8 Å². The molecular formula is C24H25F2N5S2. The number of aromatic nitrogens is 2. The lowest BCUT2D eigenvalue weighted by molar-refractivity contribution is 0.320. The Hall–Kier alpha value is -2.36. The molecule has 1 aromatic heterocycles. The number of rotatable bonds is 7. The number of benzene rings is 2. The minimum atomic E-state index is -0.624. The average Bonchev–Trinajstić information content (AvgIpc) is 3.57. The Bertz CT molecular complexity index is 1150.